The highest BCUT2D eigenvalue weighted by molar-refractivity contribution is 7.92. The Labute approximate surface area is 164 Å². The van der Waals surface area contributed by atoms with Crippen LogP contribution < -0.4 is 10.0 Å². The summed E-state index contributed by atoms with van der Waals surface area (Å²) in [6.07, 6.45) is 2.75. The molecule has 0 saturated carbocycles. The first-order valence-corrected chi connectivity index (χ1v) is 10.3. The van der Waals surface area contributed by atoms with Crippen LogP contribution in [0, 0.1) is 6.92 Å². The van der Waals surface area contributed by atoms with Crippen molar-refractivity contribution in [1.82, 2.24) is 9.78 Å². The van der Waals surface area contributed by atoms with Crippen molar-refractivity contribution >= 4 is 27.3 Å². The predicted octanol–water partition coefficient (Wildman–Crippen LogP) is 3.83. The number of hydrogen-bond acceptors (Lipinski definition) is 4. The monoisotopic (exact) mass is 398 g/mol. The van der Waals surface area contributed by atoms with Crippen LogP contribution in [0.5, 0.6) is 0 Å². The molecule has 1 heterocycles. The smallest absolute Gasteiger partial charge is 0.265 e. The second-order valence-electron chi connectivity index (χ2n) is 6.72. The molecule has 0 atom stereocenters. The highest BCUT2D eigenvalue weighted by Gasteiger charge is 2.20. The first-order valence-electron chi connectivity index (χ1n) is 8.80. The van der Waals surface area contributed by atoms with Crippen LogP contribution in [0.4, 0.5) is 11.4 Å². The van der Waals surface area contributed by atoms with Gasteiger partial charge in [0.25, 0.3) is 15.9 Å². The van der Waals surface area contributed by atoms with Gasteiger partial charge in [-0.25, -0.2) is 8.42 Å². The van der Waals surface area contributed by atoms with E-state index in [9.17, 15) is 13.2 Å². The zero-order valence-electron chi connectivity index (χ0n) is 15.9. The number of sulfonamides is 1. The maximum absolute atomic E-state index is 12.7. The van der Waals surface area contributed by atoms with Crippen LogP contribution in [-0.2, 0) is 10.0 Å². The van der Waals surface area contributed by atoms with Crippen LogP contribution in [-0.4, -0.2) is 24.1 Å². The molecule has 0 bridgehead atoms. The zero-order chi connectivity index (χ0) is 20.3. The first-order chi connectivity index (χ1) is 13.3. The molecule has 0 spiro atoms. The van der Waals surface area contributed by atoms with Crippen molar-refractivity contribution in [1.29, 1.82) is 0 Å². The number of rotatable bonds is 6. The van der Waals surface area contributed by atoms with Gasteiger partial charge >= 0.3 is 0 Å². The molecule has 0 aliphatic rings. The van der Waals surface area contributed by atoms with Gasteiger partial charge in [-0.15, -0.1) is 0 Å². The van der Waals surface area contributed by atoms with E-state index in [2.05, 4.69) is 15.1 Å². The predicted molar refractivity (Wildman–Crippen MR) is 109 cm³/mol. The standard InChI is InChI=1S/C20H22N4O3S/c1-14(2)24-13-17(12-21-24)28(26,27)23-19-10-5-4-9-18(19)20(25)22-16-8-6-7-15(3)11-16/h4-14,23H,1-3H3,(H,22,25). The molecule has 3 aromatic rings. The molecule has 1 aromatic heterocycles. The Morgan fingerprint density at radius 2 is 1.86 bits per heavy atom. The summed E-state index contributed by atoms with van der Waals surface area (Å²) in [4.78, 5) is 12.7. The van der Waals surface area contributed by atoms with Crippen LogP contribution >= 0.6 is 0 Å². The average molecular weight is 398 g/mol. The molecule has 0 unspecified atom stereocenters. The van der Waals surface area contributed by atoms with E-state index in [4.69, 9.17) is 0 Å². The quantitative estimate of drug-likeness (QED) is 0.660. The van der Waals surface area contributed by atoms with Crippen LogP contribution in [0.15, 0.2) is 65.8 Å². The number of amides is 1. The van der Waals surface area contributed by atoms with Gasteiger partial charge in [-0.2, -0.15) is 5.10 Å². The maximum atomic E-state index is 12.7. The molecule has 0 radical (unpaired) electrons. The maximum Gasteiger partial charge on any atom is 0.265 e. The topological polar surface area (TPSA) is 93.1 Å². The lowest BCUT2D eigenvalue weighted by Crippen LogP contribution is -2.18. The van der Waals surface area contributed by atoms with E-state index in [0.29, 0.717) is 5.69 Å². The third-order valence-corrected chi connectivity index (χ3v) is 5.43. The van der Waals surface area contributed by atoms with Gasteiger partial charge in [0, 0.05) is 17.9 Å². The zero-order valence-corrected chi connectivity index (χ0v) is 16.7. The molecule has 3 rings (SSSR count). The summed E-state index contributed by atoms with van der Waals surface area (Å²) >= 11 is 0. The Kier molecular flexibility index (Phi) is 5.51. The highest BCUT2D eigenvalue weighted by Crippen LogP contribution is 2.22. The number of aryl methyl sites for hydroxylation is 1. The molecule has 8 heteroatoms. The van der Waals surface area contributed by atoms with E-state index in [0.717, 1.165) is 5.56 Å². The minimum absolute atomic E-state index is 0.0371. The number of anilines is 2. The largest absolute Gasteiger partial charge is 0.322 e. The third-order valence-electron chi connectivity index (χ3n) is 4.11. The number of carbonyl (C=O) groups excluding carboxylic acids is 1. The fraction of sp³-hybridized carbons (Fsp3) is 0.200. The lowest BCUT2D eigenvalue weighted by atomic mass is 10.1. The molecule has 0 aliphatic carbocycles. The lowest BCUT2D eigenvalue weighted by Gasteiger charge is -2.12. The summed E-state index contributed by atoms with van der Waals surface area (Å²) in [6, 6.07) is 13.9. The Morgan fingerprint density at radius 3 is 2.54 bits per heavy atom. The summed E-state index contributed by atoms with van der Waals surface area (Å²) in [5.74, 6) is -0.401. The van der Waals surface area contributed by atoms with Crippen molar-refractivity contribution in [3.05, 3.63) is 72.1 Å². The van der Waals surface area contributed by atoms with Gasteiger partial charge in [0.15, 0.2) is 0 Å². The molecule has 146 valence electrons. The summed E-state index contributed by atoms with van der Waals surface area (Å²) in [6.45, 7) is 5.73. The fourth-order valence-corrected chi connectivity index (χ4v) is 3.65. The molecule has 1 amide bonds. The van der Waals surface area contributed by atoms with Gasteiger partial charge in [0.1, 0.15) is 4.90 Å². The Balaban J connectivity index is 1.86. The van der Waals surface area contributed by atoms with E-state index in [1.54, 1.807) is 35.0 Å². The highest BCUT2D eigenvalue weighted by atomic mass is 32.2. The third kappa shape index (κ3) is 4.40. The number of nitrogens with one attached hydrogen (secondary N) is 2. The van der Waals surface area contributed by atoms with E-state index >= 15 is 0 Å². The molecule has 0 saturated heterocycles. The van der Waals surface area contributed by atoms with Gasteiger partial charge in [-0.05, 0) is 50.6 Å². The summed E-state index contributed by atoms with van der Waals surface area (Å²) in [5, 5.41) is 6.86. The molecule has 2 N–H and O–H groups in total. The van der Waals surface area contributed by atoms with E-state index in [1.807, 2.05) is 39.0 Å². The molecule has 0 fully saturated rings. The fourth-order valence-electron chi connectivity index (χ4n) is 2.64. The number of hydrogen-bond donors (Lipinski definition) is 2. The van der Waals surface area contributed by atoms with E-state index in [-0.39, 0.29) is 22.2 Å². The van der Waals surface area contributed by atoms with Crippen molar-refractivity contribution in [2.24, 2.45) is 0 Å². The Morgan fingerprint density at radius 1 is 1.11 bits per heavy atom. The van der Waals surface area contributed by atoms with Gasteiger partial charge < -0.3 is 5.32 Å². The number of aromatic nitrogens is 2. The number of benzene rings is 2. The van der Waals surface area contributed by atoms with Crippen molar-refractivity contribution in [3.63, 3.8) is 0 Å². The number of para-hydroxylation sites is 1. The molecule has 0 aliphatic heterocycles. The summed E-state index contributed by atoms with van der Waals surface area (Å²) in [7, 11) is -3.87. The molecular weight excluding hydrogens is 376 g/mol. The SMILES string of the molecule is Cc1cccc(NC(=O)c2ccccc2NS(=O)(=O)c2cnn(C(C)C)c2)c1. The van der Waals surface area contributed by atoms with Crippen LogP contribution in [0.1, 0.15) is 35.8 Å². The first kappa shape index (κ1) is 19.6. The minimum atomic E-state index is -3.87. The Bertz CT molecular complexity index is 1100. The van der Waals surface area contributed by atoms with Crippen LogP contribution in [0.2, 0.25) is 0 Å². The Hall–Kier alpha value is -3.13. The summed E-state index contributed by atoms with van der Waals surface area (Å²) in [5.41, 5.74) is 2.07. The minimum Gasteiger partial charge on any atom is -0.322 e. The van der Waals surface area contributed by atoms with Gasteiger partial charge in [0.05, 0.1) is 17.4 Å². The molecular formula is C20H22N4O3S. The van der Waals surface area contributed by atoms with Crippen LogP contribution in [0.3, 0.4) is 0 Å². The second-order valence-corrected chi connectivity index (χ2v) is 8.41. The molecule has 7 nitrogen and oxygen atoms in total. The molecule has 28 heavy (non-hydrogen) atoms. The number of carbonyl (C=O) groups is 1. The lowest BCUT2D eigenvalue weighted by molar-refractivity contribution is 0.102. The van der Waals surface area contributed by atoms with Gasteiger partial charge in [0.2, 0.25) is 0 Å². The van der Waals surface area contributed by atoms with Crippen molar-refractivity contribution in [2.75, 3.05) is 10.0 Å². The summed E-state index contributed by atoms with van der Waals surface area (Å²) < 4.78 is 29.5. The van der Waals surface area contributed by atoms with E-state index in [1.165, 1.54) is 12.4 Å². The van der Waals surface area contributed by atoms with Gasteiger partial charge in [-0.3, -0.25) is 14.2 Å². The second kappa shape index (κ2) is 7.85. The molecule has 2 aromatic carbocycles. The number of nitrogens with zero attached hydrogens (tertiary/aromatic N) is 2. The van der Waals surface area contributed by atoms with Crippen LogP contribution in [0.25, 0.3) is 0 Å². The van der Waals surface area contributed by atoms with Crippen molar-refractivity contribution < 1.29 is 13.2 Å². The normalized spacial score (nSPS) is 11.4. The van der Waals surface area contributed by atoms with Gasteiger partial charge in [-0.1, -0.05) is 24.3 Å². The average Bonchev–Trinajstić information content (AvgIpc) is 3.13. The van der Waals surface area contributed by atoms with Crippen molar-refractivity contribution in [2.45, 2.75) is 31.7 Å². The van der Waals surface area contributed by atoms with E-state index < -0.39 is 15.9 Å². The van der Waals surface area contributed by atoms with Crippen molar-refractivity contribution in [3.8, 4) is 0 Å².